The molecule has 0 aromatic heterocycles. The molecule has 0 fully saturated rings. The number of benzene rings is 10. The van der Waals surface area contributed by atoms with Gasteiger partial charge in [0, 0.05) is 0 Å². The molecule has 28 aliphatic rings. The van der Waals surface area contributed by atoms with Crippen molar-refractivity contribution in [3.63, 3.8) is 0 Å². The fourth-order valence-electron chi connectivity index (χ4n) is 12.4. The van der Waals surface area contributed by atoms with E-state index in [2.05, 4.69) is 0 Å². The second-order valence-corrected chi connectivity index (χ2v) is 31.8. The third-order valence-corrected chi connectivity index (χ3v) is 16.6. The van der Waals surface area contributed by atoms with Crippen molar-refractivity contribution in [3.8, 4) is 0 Å². The SMILES string of the molecule is CC(C)(C)OC(=O)c1c(C(=O)OC(C)(C)C)c2ccc1=c1ccc(cc1)=c1ccc(cc1)=c1ccc(cc1)=c1ccc(c(C(=O)OC(C)(C)C)c1C(=O)OC(C)(C)C)=c1ccc(cc1)=c1ccc(cc1)=c1ccc(c(C(=O)OC(C)(C)C)c1C(=O)OC(C)(C)C)=c1ccc(cc1)=c1ccc=2cc1. The van der Waals surface area contributed by atoms with Gasteiger partial charge < -0.3 is 28.4 Å². The summed E-state index contributed by atoms with van der Waals surface area (Å²) in [6.45, 7) is 32.0. The summed E-state index contributed by atoms with van der Waals surface area (Å²) in [5.74, 6) is -4.19. The molecule has 520 valence electrons. The van der Waals surface area contributed by atoms with Gasteiger partial charge in [-0.1, -0.05) is 206 Å². The monoisotopic (exact) mass is 1360 g/mol. The third-order valence-electron chi connectivity index (χ3n) is 16.6. The molecule has 0 radical (unpaired) electrons. The molecule has 12 heteroatoms. The first-order valence-corrected chi connectivity index (χ1v) is 34.4. The molecule has 0 atom stereocenters. The normalized spacial score (nSPS) is 12.3. The summed E-state index contributed by atoms with van der Waals surface area (Å²) < 4.78 is 36.9. The smallest absolute Gasteiger partial charge is 0.340 e. The van der Waals surface area contributed by atoms with Crippen molar-refractivity contribution < 1.29 is 57.2 Å². The minimum atomic E-state index is -0.949. The first-order chi connectivity index (χ1) is 47.7. The highest BCUT2D eigenvalue weighted by atomic mass is 16.6. The second-order valence-electron chi connectivity index (χ2n) is 31.8. The molecule has 28 aliphatic carbocycles. The number of carbonyl (C=O) groups excluding carboxylic acids is 6. The van der Waals surface area contributed by atoms with Gasteiger partial charge >= 0.3 is 35.8 Å². The van der Waals surface area contributed by atoms with E-state index in [0.29, 0.717) is 62.6 Å². The van der Waals surface area contributed by atoms with Crippen molar-refractivity contribution in [2.75, 3.05) is 0 Å². The largest absolute Gasteiger partial charge is 0.456 e. The Kier molecular flexibility index (Phi) is 19.5. The van der Waals surface area contributed by atoms with Gasteiger partial charge in [0.25, 0.3) is 0 Å². The number of esters is 6. The Labute approximate surface area is 592 Å². The molecule has 10 aromatic rings. The van der Waals surface area contributed by atoms with Gasteiger partial charge in [-0.05, 0) is 229 Å². The maximum absolute atomic E-state index is 14.9. The van der Waals surface area contributed by atoms with E-state index < -0.39 is 69.4 Å². The fraction of sp³-hybridized carbons (Fsp3) is 0.267. The number of hydrogen-bond donors (Lipinski definition) is 0. The van der Waals surface area contributed by atoms with Crippen molar-refractivity contribution in [2.45, 2.75) is 158 Å². The standard InChI is InChI=1S/C90H88O12/c1-85(2,3)97-79(91)73-67-47-49-69(75(73)81(93)99-87(7,8)9)63-39-27-57(28-40-63)59-31-43-65(44-32-59)71-51-52-72(78(84(96)102-90(16,17)18)77(71)83(95)101-89(13,14)15)66-45-33-60(34-46-66)58-29-41-64(42-30-58)70-50-48-68(74(80(92)98-86(4,5)6)76(70)82(94)100-88(10,11)12)62-37-25-56(26-38-62)54-21-19-53(20-22-54)55-23-35-61(67)36-24-55/h19-52H,1-18H3. The lowest BCUT2D eigenvalue weighted by Crippen LogP contribution is -2.28. The van der Waals surface area contributed by atoms with Gasteiger partial charge in [0.15, 0.2) is 0 Å². The Hall–Kier alpha value is -11.0. The predicted molar refractivity (Wildman–Crippen MR) is 392 cm³/mol. The molecule has 38 rings (SSSR count). The quantitative estimate of drug-likeness (QED) is 0.115. The molecule has 20 bridgehead atoms. The van der Waals surface area contributed by atoms with Crippen molar-refractivity contribution in [1.82, 2.24) is 0 Å². The van der Waals surface area contributed by atoms with Gasteiger partial charge in [-0.25, -0.2) is 28.8 Å². The van der Waals surface area contributed by atoms with Gasteiger partial charge in [0.05, 0.1) is 33.4 Å². The summed E-state index contributed by atoms with van der Waals surface area (Å²) in [5, 5.41) is 13.7. The van der Waals surface area contributed by atoms with Gasteiger partial charge in [-0.2, -0.15) is 0 Å². The van der Waals surface area contributed by atoms with Crippen LogP contribution in [0.2, 0.25) is 0 Å². The molecule has 102 heavy (non-hydrogen) atoms. The van der Waals surface area contributed by atoms with Crippen molar-refractivity contribution in [2.24, 2.45) is 0 Å². The van der Waals surface area contributed by atoms with Crippen LogP contribution in [0.3, 0.4) is 0 Å². The van der Waals surface area contributed by atoms with E-state index in [1.165, 1.54) is 0 Å². The van der Waals surface area contributed by atoms with E-state index >= 15 is 0 Å². The van der Waals surface area contributed by atoms with Crippen molar-refractivity contribution in [1.29, 1.82) is 0 Å². The van der Waals surface area contributed by atoms with Crippen molar-refractivity contribution in [3.05, 3.63) is 344 Å². The molecule has 0 N–H and O–H groups in total. The van der Waals surface area contributed by atoms with Crippen LogP contribution in [0.5, 0.6) is 0 Å². The summed E-state index contributed by atoms with van der Waals surface area (Å²) in [6, 6.07) is 65.5. The number of carbonyl (C=O) groups is 6. The Morgan fingerprint density at radius 2 is 0.245 bits per heavy atom. The van der Waals surface area contributed by atoms with E-state index in [9.17, 15) is 28.8 Å². The first-order valence-electron chi connectivity index (χ1n) is 34.4. The highest BCUT2D eigenvalue weighted by Crippen LogP contribution is 2.28. The van der Waals surface area contributed by atoms with E-state index in [1.54, 1.807) is 125 Å². The zero-order valence-corrected chi connectivity index (χ0v) is 61.5. The van der Waals surface area contributed by atoms with Gasteiger partial charge in [0.1, 0.15) is 33.6 Å². The van der Waals surface area contributed by atoms with E-state index in [-0.39, 0.29) is 33.4 Å². The summed E-state index contributed by atoms with van der Waals surface area (Å²) in [4.78, 5) is 89.3. The Morgan fingerprint density at radius 3 is 0.333 bits per heavy atom. The highest BCUT2D eigenvalue weighted by molar-refractivity contribution is 6.05. The van der Waals surface area contributed by atoms with Crippen molar-refractivity contribution >= 4 is 35.8 Å². The third kappa shape index (κ3) is 16.6. The maximum Gasteiger partial charge on any atom is 0.340 e. The zero-order valence-electron chi connectivity index (χ0n) is 61.5. The van der Waals surface area contributed by atoms with E-state index in [0.717, 1.165) is 41.7 Å². The summed E-state index contributed by atoms with van der Waals surface area (Å²) in [5.41, 5.74) is -5.30. The van der Waals surface area contributed by atoms with Gasteiger partial charge in [0.2, 0.25) is 0 Å². The highest BCUT2D eigenvalue weighted by Gasteiger charge is 2.33. The minimum absolute atomic E-state index is 0.0364. The van der Waals surface area contributed by atoms with Crippen LogP contribution in [-0.4, -0.2) is 69.4 Å². The molecule has 0 spiro atoms. The average Bonchev–Trinajstić information content (AvgIpc) is 0.769. The lowest BCUT2D eigenvalue weighted by molar-refractivity contribution is 0.00169. The molecule has 12 nitrogen and oxygen atoms in total. The fourth-order valence-corrected chi connectivity index (χ4v) is 12.4. The molecular formula is C90H88O12. The van der Waals surface area contributed by atoms with Crippen LogP contribution in [0.25, 0.3) is 0 Å². The molecule has 0 heterocycles. The molecule has 0 unspecified atom stereocenters. The molecule has 0 aliphatic heterocycles. The van der Waals surface area contributed by atoms with Crippen LogP contribution in [0, 0.1) is 104 Å². The zero-order chi connectivity index (χ0) is 73.8. The topological polar surface area (TPSA) is 158 Å². The summed E-state index contributed by atoms with van der Waals surface area (Å²) in [7, 11) is 0. The van der Waals surface area contributed by atoms with Gasteiger partial charge in [-0.15, -0.1) is 0 Å². The maximum atomic E-state index is 14.9. The minimum Gasteiger partial charge on any atom is -0.456 e. The van der Waals surface area contributed by atoms with Crippen LogP contribution in [0.15, 0.2) is 206 Å². The summed E-state index contributed by atoms with van der Waals surface area (Å²) in [6.07, 6.45) is 0. The second kappa shape index (κ2) is 27.5. The van der Waals surface area contributed by atoms with Crippen LogP contribution < -0.4 is 0 Å². The van der Waals surface area contributed by atoms with Crippen LogP contribution in [-0.2, 0) is 28.4 Å². The average molecular weight is 1360 g/mol. The number of rotatable bonds is 6. The molecule has 0 amide bonds. The van der Waals surface area contributed by atoms with Crippen LogP contribution in [0.1, 0.15) is 187 Å². The number of hydrogen-bond acceptors (Lipinski definition) is 12. The Bertz CT molecular complexity index is 5680. The number of ether oxygens (including phenoxy) is 6. The van der Waals surface area contributed by atoms with E-state index in [1.807, 2.05) is 206 Å². The molecule has 0 saturated carbocycles. The van der Waals surface area contributed by atoms with Crippen LogP contribution >= 0.6 is 0 Å². The van der Waals surface area contributed by atoms with Gasteiger partial charge in [-0.3, -0.25) is 0 Å². The lowest BCUT2D eigenvalue weighted by Gasteiger charge is -2.23. The molecular weight excluding hydrogens is 1270 g/mol. The Morgan fingerprint density at radius 1 is 0.157 bits per heavy atom. The first kappa shape index (κ1) is 72.3. The molecule has 10 aromatic carbocycles. The summed E-state index contributed by atoms with van der Waals surface area (Å²) >= 11 is 0. The van der Waals surface area contributed by atoms with Crippen LogP contribution in [0.4, 0.5) is 0 Å². The lowest BCUT2D eigenvalue weighted by atomic mass is 9.97. The molecule has 0 saturated heterocycles. The Balaban J connectivity index is 1.28. The predicted octanol–water partition coefficient (Wildman–Crippen LogP) is 18.6. The van der Waals surface area contributed by atoms with E-state index in [4.69, 9.17) is 28.4 Å².